The van der Waals surface area contributed by atoms with Gasteiger partial charge in [0.05, 0.1) is 5.60 Å². The molecule has 0 bridgehead atoms. The number of rotatable bonds is 3. The van der Waals surface area contributed by atoms with Crippen molar-refractivity contribution < 1.29 is 5.11 Å². The quantitative estimate of drug-likeness (QED) is 0.807. The van der Waals surface area contributed by atoms with E-state index in [-0.39, 0.29) is 5.60 Å². The molecule has 0 amide bonds. The summed E-state index contributed by atoms with van der Waals surface area (Å²) in [5.41, 5.74) is -0.372. The molecule has 2 heteroatoms. The van der Waals surface area contributed by atoms with Crippen LogP contribution in [0.5, 0.6) is 0 Å². The van der Waals surface area contributed by atoms with Crippen molar-refractivity contribution >= 4 is 0 Å². The minimum Gasteiger partial charge on any atom is -0.389 e. The van der Waals surface area contributed by atoms with E-state index in [1.54, 1.807) is 0 Å². The predicted molar refractivity (Wildman–Crippen MR) is 74.5 cm³/mol. The van der Waals surface area contributed by atoms with Gasteiger partial charge in [-0.15, -0.1) is 0 Å². The van der Waals surface area contributed by atoms with Crippen molar-refractivity contribution in [1.29, 1.82) is 0 Å². The maximum Gasteiger partial charge on any atom is 0.0771 e. The maximum absolute atomic E-state index is 10.4. The summed E-state index contributed by atoms with van der Waals surface area (Å²) in [6.45, 7) is 0.842. The molecule has 0 radical (unpaired) electrons. The van der Waals surface area contributed by atoms with Crippen molar-refractivity contribution in [1.82, 2.24) is 5.32 Å². The first-order chi connectivity index (χ1) is 8.75. The third kappa shape index (κ3) is 2.91. The van der Waals surface area contributed by atoms with E-state index in [1.807, 2.05) is 0 Å². The number of fused-ring (bicyclic) bond motifs is 1. The minimum atomic E-state index is -0.372. The molecule has 3 saturated carbocycles. The van der Waals surface area contributed by atoms with Gasteiger partial charge in [0, 0.05) is 12.6 Å². The van der Waals surface area contributed by atoms with Gasteiger partial charge in [-0.1, -0.05) is 38.5 Å². The molecule has 0 saturated heterocycles. The zero-order valence-electron chi connectivity index (χ0n) is 11.7. The van der Waals surface area contributed by atoms with Crippen LogP contribution in [0.25, 0.3) is 0 Å². The lowest BCUT2D eigenvalue weighted by Crippen LogP contribution is -2.45. The van der Waals surface area contributed by atoms with E-state index >= 15 is 0 Å². The lowest BCUT2D eigenvalue weighted by atomic mass is 9.69. The Labute approximate surface area is 112 Å². The summed E-state index contributed by atoms with van der Waals surface area (Å²) >= 11 is 0. The molecule has 0 aliphatic heterocycles. The fourth-order valence-electron chi connectivity index (χ4n) is 4.60. The van der Waals surface area contributed by atoms with Crippen LogP contribution in [0.1, 0.15) is 70.6 Å². The van der Waals surface area contributed by atoms with Gasteiger partial charge in [-0.25, -0.2) is 0 Å². The summed E-state index contributed by atoms with van der Waals surface area (Å²) in [6, 6.07) is 0.689. The van der Waals surface area contributed by atoms with Crippen molar-refractivity contribution in [3.8, 4) is 0 Å². The zero-order chi connectivity index (χ0) is 12.4. The normalized spacial score (nSPS) is 39.5. The minimum absolute atomic E-state index is 0.372. The van der Waals surface area contributed by atoms with Crippen LogP contribution in [0, 0.1) is 11.8 Å². The Balaban J connectivity index is 1.46. The van der Waals surface area contributed by atoms with Gasteiger partial charge in [0.1, 0.15) is 0 Å². The molecule has 0 heterocycles. The van der Waals surface area contributed by atoms with E-state index < -0.39 is 0 Å². The van der Waals surface area contributed by atoms with Gasteiger partial charge >= 0.3 is 0 Å². The Morgan fingerprint density at radius 2 is 1.61 bits per heavy atom. The third-order valence-corrected chi connectivity index (χ3v) is 5.79. The molecule has 0 aromatic rings. The van der Waals surface area contributed by atoms with Crippen molar-refractivity contribution in [2.24, 2.45) is 11.8 Å². The topological polar surface area (TPSA) is 32.3 Å². The Hall–Kier alpha value is -0.0800. The van der Waals surface area contributed by atoms with Crippen LogP contribution >= 0.6 is 0 Å². The van der Waals surface area contributed by atoms with E-state index in [2.05, 4.69) is 5.32 Å². The second kappa shape index (κ2) is 5.50. The smallest absolute Gasteiger partial charge is 0.0771 e. The summed E-state index contributed by atoms with van der Waals surface area (Å²) in [7, 11) is 0. The van der Waals surface area contributed by atoms with Crippen LogP contribution in [-0.2, 0) is 0 Å². The van der Waals surface area contributed by atoms with E-state index in [1.165, 1.54) is 57.8 Å². The molecule has 3 rings (SSSR count). The van der Waals surface area contributed by atoms with Gasteiger partial charge in [0.25, 0.3) is 0 Å². The average molecular weight is 251 g/mol. The molecule has 0 aromatic heterocycles. The summed E-state index contributed by atoms with van der Waals surface area (Å²) in [5, 5.41) is 14.1. The van der Waals surface area contributed by atoms with E-state index in [4.69, 9.17) is 0 Å². The van der Waals surface area contributed by atoms with Crippen LogP contribution in [0.15, 0.2) is 0 Å². The highest BCUT2D eigenvalue weighted by Gasteiger charge is 2.35. The lowest BCUT2D eigenvalue weighted by molar-refractivity contribution is 0.0390. The van der Waals surface area contributed by atoms with Crippen LogP contribution < -0.4 is 5.32 Å². The van der Waals surface area contributed by atoms with Crippen molar-refractivity contribution in [2.75, 3.05) is 6.54 Å². The molecule has 104 valence electrons. The molecule has 3 unspecified atom stereocenters. The predicted octanol–water partition coefficient (Wildman–Crippen LogP) is 3.24. The van der Waals surface area contributed by atoms with Crippen molar-refractivity contribution in [3.63, 3.8) is 0 Å². The number of aliphatic hydroxyl groups is 1. The largest absolute Gasteiger partial charge is 0.389 e. The highest BCUT2D eigenvalue weighted by Crippen LogP contribution is 2.40. The Kier molecular flexibility index (Phi) is 3.95. The average Bonchev–Trinajstić information content (AvgIpc) is 2.84. The van der Waals surface area contributed by atoms with Gasteiger partial charge < -0.3 is 10.4 Å². The first-order valence-electron chi connectivity index (χ1n) is 8.21. The van der Waals surface area contributed by atoms with Crippen molar-refractivity contribution in [3.05, 3.63) is 0 Å². The number of hydrogen-bond acceptors (Lipinski definition) is 2. The van der Waals surface area contributed by atoms with Gasteiger partial charge in [0.15, 0.2) is 0 Å². The maximum atomic E-state index is 10.4. The van der Waals surface area contributed by atoms with Gasteiger partial charge in [0.2, 0.25) is 0 Å². The second-order valence-electron chi connectivity index (χ2n) is 7.13. The summed E-state index contributed by atoms with van der Waals surface area (Å²) in [5.74, 6) is 2.02. The molecule has 3 aliphatic carbocycles. The summed E-state index contributed by atoms with van der Waals surface area (Å²) in [4.78, 5) is 0. The zero-order valence-corrected chi connectivity index (χ0v) is 11.7. The van der Waals surface area contributed by atoms with Crippen molar-refractivity contribution in [2.45, 2.75) is 82.3 Å². The Bertz CT molecular complexity index is 272. The number of hydrogen-bond donors (Lipinski definition) is 2. The van der Waals surface area contributed by atoms with Gasteiger partial charge in [-0.05, 0) is 43.9 Å². The molecule has 18 heavy (non-hydrogen) atoms. The monoisotopic (exact) mass is 251 g/mol. The lowest BCUT2D eigenvalue weighted by Gasteiger charge is -2.40. The molecule has 3 aliphatic rings. The molecule has 0 aromatic carbocycles. The Morgan fingerprint density at radius 3 is 2.39 bits per heavy atom. The molecule has 3 atom stereocenters. The molecule has 2 nitrogen and oxygen atoms in total. The van der Waals surface area contributed by atoms with Crippen LogP contribution in [-0.4, -0.2) is 23.3 Å². The van der Waals surface area contributed by atoms with E-state index in [0.717, 1.165) is 31.2 Å². The number of nitrogens with one attached hydrogen (secondary N) is 1. The van der Waals surface area contributed by atoms with Crippen LogP contribution in [0.2, 0.25) is 0 Å². The highest BCUT2D eigenvalue weighted by atomic mass is 16.3. The Morgan fingerprint density at radius 1 is 0.889 bits per heavy atom. The van der Waals surface area contributed by atoms with E-state index in [0.29, 0.717) is 6.04 Å². The fourth-order valence-corrected chi connectivity index (χ4v) is 4.60. The molecular formula is C16H29NO. The highest BCUT2D eigenvalue weighted by molar-refractivity contribution is 4.90. The SMILES string of the molecule is OC1(CNC2CCC3CCCCC3C2)CCCC1. The van der Waals surface area contributed by atoms with Crippen LogP contribution in [0.4, 0.5) is 0 Å². The van der Waals surface area contributed by atoms with E-state index in [9.17, 15) is 5.11 Å². The molecule has 0 spiro atoms. The molecule has 2 N–H and O–H groups in total. The van der Waals surface area contributed by atoms with Gasteiger partial charge in [-0.3, -0.25) is 0 Å². The third-order valence-electron chi connectivity index (χ3n) is 5.79. The summed E-state index contributed by atoms with van der Waals surface area (Å²) in [6.07, 6.45) is 14.5. The first kappa shape index (κ1) is 12.9. The fraction of sp³-hybridized carbons (Fsp3) is 1.00. The molecule has 3 fully saturated rings. The standard InChI is InChI=1S/C16H29NO/c18-16(9-3-4-10-16)12-17-15-8-7-13-5-1-2-6-14(13)11-15/h13-15,17-18H,1-12H2. The van der Waals surface area contributed by atoms with Crippen LogP contribution in [0.3, 0.4) is 0 Å². The summed E-state index contributed by atoms with van der Waals surface area (Å²) < 4.78 is 0. The first-order valence-corrected chi connectivity index (χ1v) is 8.21. The second-order valence-corrected chi connectivity index (χ2v) is 7.13. The molecular weight excluding hydrogens is 222 g/mol. The van der Waals surface area contributed by atoms with Gasteiger partial charge in [-0.2, -0.15) is 0 Å².